The second-order valence-corrected chi connectivity index (χ2v) is 5.01. The van der Waals surface area contributed by atoms with Crippen molar-refractivity contribution in [2.45, 2.75) is 24.6 Å². The zero-order valence-corrected chi connectivity index (χ0v) is 11.7. The van der Waals surface area contributed by atoms with E-state index < -0.39 is 36.3 Å². The molecule has 1 aromatic rings. The van der Waals surface area contributed by atoms with E-state index in [2.05, 4.69) is 20.7 Å². The molecule has 0 aliphatic heterocycles. The number of ether oxygens (including phenoxy) is 1. The van der Waals surface area contributed by atoms with Gasteiger partial charge in [0.2, 0.25) is 6.10 Å². The van der Waals surface area contributed by atoms with Crippen molar-refractivity contribution in [3.63, 3.8) is 0 Å². The minimum atomic E-state index is -6.17. The summed E-state index contributed by atoms with van der Waals surface area (Å²) in [4.78, 5) is 0. The molecule has 0 aromatic heterocycles. The van der Waals surface area contributed by atoms with Gasteiger partial charge in [0.15, 0.2) is 5.92 Å². The fraction of sp³-hybridized carbons (Fsp3) is 0.455. The van der Waals surface area contributed by atoms with Crippen molar-refractivity contribution in [3.8, 4) is 5.75 Å². The van der Waals surface area contributed by atoms with Crippen molar-refractivity contribution in [2.75, 3.05) is 0 Å². The predicted octanol–water partition coefficient (Wildman–Crippen LogP) is 5.50. The average Bonchev–Trinajstić information content (AvgIpc) is 2.26. The van der Waals surface area contributed by atoms with E-state index >= 15 is 0 Å². The van der Waals surface area contributed by atoms with Crippen molar-refractivity contribution in [3.05, 3.63) is 28.7 Å². The molecule has 0 spiro atoms. The first kappa shape index (κ1) is 18.9. The van der Waals surface area contributed by atoms with Crippen molar-refractivity contribution in [1.29, 1.82) is 0 Å². The largest absolute Gasteiger partial charge is 0.480 e. The standard InChI is InChI=1S/C11H6BrF9O/c12-5-1-3-6(4-2-5)22-8(11(19,20)21)7(9(13,14)15)10(16,17)18/h1-4,7-8H. The lowest BCUT2D eigenvalue weighted by molar-refractivity contribution is -0.340. The maximum Gasteiger partial charge on any atom is 0.426 e. The van der Waals surface area contributed by atoms with Gasteiger partial charge in [-0.05, 0) is 24.3 Å². The Bertz CT molecular complexity index is 474. The highest BCUT2D eigenvalue weighted by Crippen LogP contribution is 2.46. The van der Waals surface area contributed by atoms with Crippen LogP contribution in [0.2, 0.25) is 0 Å². The van der Waals surface area contributed by atoms with Crippen LogP contribution in [0.15, 0.2) is 28.7 Å². The molecule has 22 heavy (non-hydrogen) atoms. The summed E-state index contributed by atoms with van der Waals surface area (Å²) in [5.41, 5.74) is 0. The molecule has 1 nitrogen and oxygen atoms in total. The van der Waals surface area contributed by atoms with Crippen LogP contribution in [0.3, 0.4) is 0 Å². The minimum absolute atomic E-state index is 0.353. The third-order valence-corrected chi connectivity index (χ3v) is 2.94. The molecule has 0 fully saturated rings. The lowest BCUT2D eigenvalue weighted by Crippen LogP contribution is -2.53. The lowest BCUT2D eigenvalue weighted by Gasteiger charge is -2.32. The maximum atomic E-state index is 12.7. The fourth-order valence-corrected chi connectivity index (χ4v) is 1.78. The van der Waals surface area contributed by atoms with Crippen LogP contribution >= 0.6 is 15.9 Å². The molecule has 0 aliphatic rings. The molecule has 126 valence electrons. The molecule has 0 bridgehead atoms. The highest BCUT2D eigenvalue weighted by atomic mass is 79.9. The van der Waals surface area contributed by atoms with Gasteiger partial charge in [-0.25, -0.2) is 0 Å². The molecule has 11 heteroatoms. The molecule has 0 saturated carbocycles. The van der Waals surface area contributed by atoms with Crippen LogP contribution in [-0.2, 0) is 0 Å². The Labute approximate surface area is 126 Å². The summed E-state index contributed by atoms with van der Waals surface area (Å²) in [5, 5.41) is 0. The molecule has 0 amide bonds. The van der Waals surface area contributed by atoms with Gasteiger partial charge >= 0.3 is 18.5 Å². The molecule has 1 aromatic carbocycles. The van der Waals surface area contributed by atoms with E-state index in [9.17, 15) is 39.5 Å². The van der Waals surface area contributed by atoms with Gasteiger partial charge in [-0.15, -0.1) is 0 Å². The Morgan fingerprint density at radius 3 is 1.45 bits per heavy atom. The van der Waals surface area contributed by atoms with Gasteiger partial charge in [0.25, 0.3) is 0 Å². The minimum Gasteiger partial charge on any atom is -0.480 e. The second-order valence-electron chi connectivity index (χ2n) is 4.09. The van der Waals surface area contributed by atoms with Gasteiger partial charge in [0.05, 0.1) is 0 Å². The maximum absolute atomic E-state index is 12.7. The summed E-state index contributed by atoms with van der Waals surface area (Å²) in [6.07, 6.45) is -22.3. The Morgan fingerprint density at radius 1 is 0.727 bits per heavy atom. The number of hydrogen-bond acceptors (Lipinski definition) is 1. The monoisotopic (exact) mass is 404 g/mol. The molecular formula is C11H6BrF9O. The van der Waals surface area contributed by atoms with Crippen LogP contribution in [0.4, 0.5) is 39.5 Å². The van der Waals surface area contributed by atoms with E-state index in [0.717, 1.165) is 24.3 Å². The smallest absolute Gasteiger partial charge is 0.426 e. The average molecular weight is 405 g/mol. The molecular weight excluding hydrogens is 399 g/mol. The SMILES string of the molecule is FC(F)(F)C(Oc1ccc(Br)cc1)C(C(F)(F)F)C(F)(F)F. The van der Waals surface area contributed by atoms with Crippen molar-refractivity contribution in [2.24, 2.45) is 5.92 Å². The number of benzene rings is 1. The van der Waals surface area contributed by atoms with Gasteiger partial charge in [0.1, 0.15) is 5.75 Å². The van der Waals surface area contributed by atoms with Gasteiger partial charge in [-0.3, -0.25) is 0 Å². The van der Waals surface area contributed by atoms with E-state index in [4.69, 9.17) is 0 Å². The summed E-state index contributed by atoms with van der Waals surface area (Å²) < 4.78 is 117. The molecule has 1 unspecified atom stereocenters. The number of halogens is 10. The Morgan fingerprint density at radius 2 is 1.14 bits per heavy atom. The zero-order valence-electron chi connectivity index (χ0n) is 10.2. The molecule has 0 N–H and O–H groups in total. The quantitative estimate of drug-likeness (QED) is 0.604. The molecule has 0 radical (unpaired) electrons. The van der Waals surface area contributed by atoms with Crippen LogP contribution < -0.4 is 4.74 Å². The van der Waals surface area contributed by atoms with Gasteiger partial charge < -0.3 is 4.74 Å². The van der Waals surface area contributed by atoms with Gasteiger partial charge in [-0.1, -0.05) is 15.9 Å². The van der Waals surface area contributed by atoms with Gasteiger partial charge in [0, 0.05) is 4.47 Å². The highest BCUT2D eigenvalue weighted by Gasteiger charge is 2.68. The summed E-state index contributed by atoms with van der Waals surface area (Å²) in [6.45, 7) is 0. The molecule has 0 saturated heterocycles. The van der Waals surface area contributed by atoms with E-state index in [1.165, 1.54) is 0 Å². The number of hydrogen-bond donors (Lipinski definition) is 0. The molecule has 1 atom stereocenters. The third-order valence-electron chi connectivity index (χ3n) is 2.41. The van der Waals surface area contributed by atoms with Crippen molar-refractivity contribution in [1.82, 2.24) is 0 Å². The zero-order chi connectivity index (χ0) is 17.3. The van der Waals surface area contributed by atoms with Crippen molar-refractivity contribution >= 4 is 15.9 Å². The Balaban J connectivity index is 3.24. The topological polar surface area (TPSA) is 9.23 Å². The molecule has 0 heterocycles. The first-order chi connectivity index (χ1) is 9.73. The highest BCUT2D eigenvalue weighted by molar-refractivity contribution is 9.10. The number of alkyl halides is 9. The summed E-state index contributed by atoms with van der Waals surface area (Å²) in [5.74, 6) is -5.47. The van der Waals surface area contributed by atoms with Gasteiger partial charge in [-0.2, -0.15) is 39.5 Å². The third kappa shape index (κ3) is 4.96. The van der Waals surface area contributed by atoms with Crippen LogP contribution in [0.25, 0.3) is 0 Å². The van der Waals surface area contributed by atoms with Crippen LogP contribution in [0, 0.1) is 5.92 Å². The Hall–Kier alpha value is -1.13. The summed E-state index contributed by atoms with van der Waals surface area (Å²) >= 11 is 2.91. The van der Waals surface area contributed by atoms with E-state index in [1.54, 1.807) is 0 Å². The van der Waals surface area contributed by atoms with Crippen LogP contribution in [0.5, 0.6) is 5.75 Å². The van der Waals surface area contributed by atoms with Crippen LogP contribution in [-0.4, -0.2) is 24.6 Å². The van der Waals surface area contributed by atoms with Crippen molar-refractivity contribution < 1.29 is 44.3 Å². The molecule has 1 rings (SSSR count). The van der Waals surface area contributed by atoms with E-state index in [-0.39, 0.29) is 0 Å². The van der Waals surface area contributed by atoms with E-state index in [1.807, 2.05) is 0 Å². The normalized spacial score (nSPS) is 15.0. The first-order valence-corrected chi connectivity index (χ1v) is 6.14. The van der Waals surface area contributed by atoms with Crippen LogP contribution in [0.1, 0.15) is 0 Å². The first-order valence-electron chi connectivity index (χ1n) is 5.35. The molecule has 0 aliphatic carbocycles. The Kier molecular flexibility index (Phi) is 5.30. The summed E-state index contributed by atoms with van der Waals surface area (Å²) in [6, 6.07) is 3.84. The lowest BCUT2D eigenvalue weighted by atomic mass is 10.0. The number of rotatable bonds is 3. The predicted molar refractivity (Wildman–Crippen MR) is 60.2 cm³/mol. The fourth-order valence-electron chi connectivity index (χ4n) is 1.51. The second kappa shape index (κ2) is 6.17. The van der Waals surface area contributed by atoms with E-state index in [0.29, 0.717) is 4.47 Å². The summed E-state index contributed by atoms with van der Waals surface area (Å²) in [7, 11) is 0.